The molecule has 0 saturated heterocycles. The van der Waals surface area contributed by atoms with Crippen molar-refractivity contribution in [2.45, 2.75) is 17.5 Å². The number of nitriles is 1. The van der Waals surface area contributed by atoms with Crippen LogP contribution in [0.1, 0.15) is 21.4 Å². The van der Waals surface area contributed by atoms with Gasteiger partial charge in [-0.2, -0.15) is 9.57 Å². The first kappa shape index (κ1) is 22.4. The Bertz CT molecular complexity index is 1220. The number of benzene rings is 2. The largest absolute Gasteiger partial charge is 0.478 e. The lowest BCUT2D eigenvalue weighted by Crippen LogP contribution is -2.26. The number of thiophene rings is 1. The molecule has 7 nitrogen and oxygen atoms in total. The van der Waals surface area contributed by atoms with Gasteiger partial charge in [-0.25, -0.2) is 17.6 Å². The van der Waals surface area contributed by atoms with E-state index in [4.69, 9.17) is 10.00 Å². The van der Waals surface area contributed by atoms with E-state index in [1.54, 1.807) is 24.3 Å². The number of sulfonamides is 1. The highest BCUT2D eigenvalue weighted by molar-refractivity contribution is 7.89. The number of carboxylic acids is 1. The van der Waals surface area contributed by atoms with Gasteiger partial charge >= 0.3 is 5.97 Å². The summed E-state index contributed by atoms with van der Waals surface area (Å²) in [7, 11) is -2.39. The number of ether oxygens (including phenoxy) is 1. The van der Waals surface area contributed by atoms with Crippen LogP contribution in [0.5, 0.6) is 5.75 Å². The molecule has 0 aliphatic carbocycles. The summed E-state index contributed by atoms with van der Waals surface area (Å²) in [6, 6.07) is 15.9. The summed E-state index contributed by atoms with van der Waals surface area (Å²) in [5, 5.41) is 18.4. The van der Waals surface area contributed by atoms with Crippen molar-refractivity contribution in [1.82, 2.24) is 4.31 Å². The molecule has 0 amide bonds. The lowest BCUT2D eigenvalue weighted by Gasteiger charge is -2.18. The van der Waals surface area contributed by atoms with Crippen LogP contribution in [-0.2, 0) is 21.4 Å². The Morgan fingerprint density at radius 2 is 1.81 bits per heavy atom. The maximum atomic E-state index is 13.1. The standard InChI is InChI=1S/C21H17FN2O5S2/c1-24(31(27,28)18-9-4-15(22)5-10-18)13-14-2-6-16(7-3-14)29-20(21(25)26)19-11-8-17(12-23)30-19/h2-11,20H,13H2,1H3,(H,25,26). The van der Waals surface area contributed by atoms with Crippen molar-refractivity contribution >= 4 is 27.3 Å². The van der Waals surface area contributed by atoms with Crippen LogP contribution in [0.4, 0.5) is 4.39 Å². The molecule has 31 heavy (non-hydrogen) atoms. The van der Waals surface area contributed by atoms with Crippen molar-refractivity contribution in [2.75, 3.05) is 7.05 Å². The summed E-state index contributed by atoms with van der Waals surface area (Å²) in [5.74, 6) is -1.43. The second-order valence-electron chi connectivity index (χ2n) is 6.51. The van der Waals surface area contributed by atoms with E-state index >= 15 is 0 Å². The lowest BCUT2D eigenvalue weighted by molar-refractivity contribution is -0.145. The van der Waals surface area contributed by atoms with Gasteiger partial charge < -0.3 is 9.84 Å². The van der Waals surface area contributed by atoms with Gasteiger partial charge in [-0.05, 0) is 54.1 Å². The molecule has 3 aromatic rings. The van der Waals surface area contributed by atoms with E-state index in [0.29, 0.717) is 15.3 Å². The van der Waals surface area contributed by atoms with Crippen molar-refractivity contribution in [3.05, 3.63) is 81.8 Å². The molecule has 0 spiro atoms. The number of carbonyl (C=O) groups is 1. The monoisotopic (exact) mass is 460 g/mol. The summed E-state index contributed by atoms with van der Waals surface area (Å²) in [6.07, 6.45) is -1.26. The van der Waals surface area contributed by atoms with Crippen LogP contribution in [0.3, 0.4) is 0 Å². The Balaban J connectivity index is 1.71. The average molecular weight is 461 g/mol. The van der Waals surface area contributed by atoms with Gasteiger partial charge in [-0.3, -0.25) is 0 Å². The number of carboxylic acid groups (broad SMARTS) is 1. The minimum absolute atomic E-state index is 0.0201. The minimum Gasteiger partial charge on any atom is -0.478 e. The quantitative estimate of drug-likeness (QED) is 0.548. The normalized spacial score (nSPS) is 12.3. The molecule has 2 aromatic carbocycles. The van der Waals surface area contributed by atoms with Gasteiger partial charge in [-0.1, -0.05) is 12.1 Å². The zero-order chi connectivity index (χ0) is 22.6. The first-order valence-corrected chi connectivity index (χ1v) is 11.2. The molecule has 0 aliphatic heterocycles. The molecule has 1 heterocycles. The van der Waals surface area contributed by atoms with E-state index in [-0.39, 0.29) is 17.2 Å². The van der Waals surface area contributed by atoms with E-state index in [2.05, 4.69) is 0 Å². The molecule has 0 fully saturated rings. The number of rotatable bonds is 8. The SMILES string of the molecule is CN(Cc1ccc(OC(C(=O)O)c2ccc(C#N)s2)cc1)S(=O)(=O)c1ccc(F)cc1. The molecule has 160 valence electrons. The van der Waals surface area contributed by atoms with Crippen molar-refractivity contribution in [2.24, 2.45) is 0 Å². The van der Waals surface area contributed by atoms with E-state index < -0.39 is 27.9 Å². The van der Waals surface area contributed by atoms with Gasteiger partial charge in [0.1, 0.15) is 22.5 Å². The van der Waals surface area contributed by atoms with Crippen LogP contribution in [0.2, 0.25) is 0 Å². The van der Waals surface area contributed by atoms with Crippen LogP contribution >= 0.6 is 11.3 Å². The fourth-order valence-electron chi connectivity index (χ4n) is 2.72. The molecular formula is C21H17FN2O5S2. The van der Waals surface area contributed by atoms with Crippen LogP contribution in [0.25, 0.3) is 0 Å². The molecule has 1 aromatic heterocycles. The third kappa shape index (κ3) is 5.27. The third-order valence-electron chi connectivity index (χ3n) is 4.32. The molecule has 0 bridgehead atoms. The molecule has 0 aliphatic rings. The molecule has 3 rings (SSSR count). The topological polar surface area (TPSA) is 108 Å². The Kier molecular flexibility index (Phi) is 6.70. The molecule has 1 atom stereocenters. The van der Waals surface area contributed by atoms with Gasteiger partial charge in [0.05, 0.1) is 9.77 Å². The summed E-state index contributed by atoms with van der Waals surface area (Å²) >= 11 is 1.04. The Morgan fingerprint density at radius 3 is 2.35 bits per heavy atom. The smallest absolute Gasteiger partial charge is 0.350 e. The molecule has 0 radical (unpaired) electrons. The summed E-state index contributed by atoms with van der Waals surface area (Å²) in [5.41, 5.74) is 0.648. The Morgan fingerprint density at radius 1 is 1.16 bits per heavy atom. The lowest BCUT2D eigenvalue weighted by atomic mass is 10.2. The minimum atomic E-state index is -3.80. The summed E-state index contributed by atoms with van der Waals surface area (Å²) in [6.45, 7) is 0.0544. The van der Waals surface area contributed by atoms with E-state index in [9.17, 15) is 22.7 Å². The van der Waals surface area contributed by atoms with E-state index in [1.165, 1.54) is 31.3 Å². The van der Waals surface area contributed by atoms with Crippen LogP contribution in [0, 0.1) is 17.1 Å². The van der Waals surface area contributed by atoms with Gasteiger partial charge in [0.2, 0.25) is 16.1 Å². The maximum Gasteiger partial charge on any atom is 0.350 e. The number of nitrogens with zero attached hydrogens (tertiary/aromatic N) is 2. The summed E-state index contributed by atoms with van der Waals surface area (Å²) in [4.78, 5) is 12.3. The second kappa shape index (κ2) is 9.26. The van der Waals surface area contributed by atoms with E-state index in [1.807, 2.05) is 6.07 Å². The highest BCUT2D eigenvalue weighted by Gasteiger charge is 2.24. The van der Waals surface area contributed by atoms with Gasteiger partial charge in [0.15, 0.2) is 0 Å². The first-order chi connectivity index (χ1) is 14.7. The zero-order valence-corrected chi connectivity index (χ0v) is 17.9. The fraction of sp³-hybridized carbons (Fsp3) is 0.143. The van der Waals surface area contributed by atoms with Gasteiger partial charge in [-0.15, -0.1) is 11.3 Å². The zero-order valence-electron chi connectivity index (χ0n) is 16.2. The van der Waals surface area contributed by atoms with Crippen LogP contribution < -0.4 is 4.74 Å². The molecule has 0 saturated carbocycles. The maximum absolute atomic E-state index is 13.1. The Labute approximate surface area is 182 Å². The first-order valence-electron chi connectivity index (χ1n) is 8.91. The van der Waals surface area contributed by atoms with Crippen molar-refractivity contribution in [3.63, 3.8) is 0 Å². The van der Waals surface area contributed by atoms with Gasteiger partial charge in [0, 0.05) is 13.6 Å². The average Bonchev–Trinajstić information content (AvgIpc) is 3.22. The Hall–Kier alpha value is -3.26. The summed E-state index contributed by atoms with van der Waals surface area (Å²) < 4.78 is 45.0. The predicted molar refractivity (Wildman–Crippen MR) is 112 cm³/mol. The van der Waals surface area contributed by atoms with Crippen LogP contribution in [-0.4, -0.2) is 30.8 Å². The fourth-order valence-corrected chi connectivity index (χ4v) is 4.71. The van der Waals surface area contributed by atoms with Crippen molar-refractivity contribution in [1.29, 1.82) is 5.26 Å². The number of hydrogen-bond acceptors (Lipinski definition) is 6. The molecular weight excluding hydrogens is 443 g/mol. The van der Waals surface area contributed by atoms with Crippen LogP contribution in [0.15, 0.2) is 65.6 Å². The number of halogens is 1. The predicted octanol–water partition coefficient (Wildman–Crippen LogP) is 3.78. The van der Waals surface area contributed by atoms with E-state index in [0.717, 1.165) is 27.8 Å². The molecule has 1 N–H and O–H groups in total. The highest BCUT2D eigenvalue weighted by Crippen LogP contribution is 2.28. The second-order valence-corrected chi connectivity index (χ2v) is 9.67. The number of aliphatic carboxylic acids is 1. The van der Waals surface area contributed by atoms with Crippen molar-refractivity contribution in [3.8, 4) is 11.8 Å². The number of hydrogen-bond donors (Lipinski definition) is 1. The molecule has 1 unspecified atom stereocenters. The third-order valence-corrected chi connectivity index (χ3v) is 7.17. The van der Waals surface area contributed by atoms with Crippen molar-refractivity contribution < 1.29 is 27.4 Å². The van der Waals surface area contributed by atoms with Gasteiger partial charge in [0.25, 0.3) is 0 Å². The highest BCUT2D eigenvalue weighted by atomic mass is 32.2. The molecule has 10 heteroatoms.